The van der Waals surface area contributed by atoms with Crippen molar-refractivity contribution in [2.75, 3.05) is 25.4 Å². The van der Waals surface area contributed by atoms with Crippen molar-refractivity contribution < 1.29 is 9.21 Å². The van der Waals surface area contributed by atoms with Crippen LogP contribution >= 0.6 is 0 Å². The molecule has 122 valence electrons. The van der Waals surface area contributed by atoms with Crippen molar-refractivity contribution in [2.24, 2.45) is 0 Å². The molecule has 2 aromatic rings. The number of rotatable bonds is 5. The molecule has 0 bridgehead atoms. The zero-order valence-electron chi connectivity index (χ0n) is 13.2. The van der Waals surface area contributed by atoms with Crippen LogP contribution in [0.15, 0.2) is 47.1 Å². The third-order valence-corrected chi connectivity index (χ3v) is 4.33. The van der Waals surface area contributed by atoms with E-state index in [1.54, 1.807) is 30.5 Å². The minimum atomic E-state index is -0.0847. The number of carbonyl (C=O) groups excluding carboxylic acids is 1. The number of piperidine rings is 1. The molecule has 0 radical (unpaired) electrons. The first-order valence-electron chi connectivity index (χ1n) is 8.15. The minimum absolute atomic E-state index is 0.0847. The Hall–Kier alpha value is -2.27. The summed E-state index contributed by atoms with van der Waals surface area (Å²) in [6, 6.07) is 10.9. The summed E-state index contributed by atoms with van der Waals surface area (Å²) in [6.45, 7) is 2.63. The number of furan rings is 1. The number of nitrogens with two attached hydrogens (primary N) is 1. The third-order valence-electron chi connectivity index (χ3n) is 4.33. The van der Waals surface area contributed by atoms with Crippen LogP contribution in [0.4, 0.5) is 5.69 Å². The molecule has 1 saturated heterocycles. The van der Waals surface area contributed by atoms with Crippen LogP contribution in [0.3, 0.4) is 0 Å². The Kier molecular flexibility index (Phi) is 4.98. The second-order valence-corrected chi connectivity index (χ2v) is 5.96. The Bertz CT molecular complexity index is 616. The second-order valence-electron chi connectivity index (χ2n) is 5.96. The smallest absolute Gasteiger partial charge is 0.251 e. The summed E-state index contributed by atoms with van der Waals surface area (Å²) >= 11 is 0. The molecule has 2 heterocycles. The summed E-state index contributed by atoms with van der Waals surface area (Å²) in [5, 5.41) is 3.02. The second kappa shape index (κ2) is 7.33. The van der Waals surface area contributed by atoms with Crippen LogP contribution in [-0.4, -0.2) is 30.4 Å². The number of nitrogens with one attached hydrogen (secondary N) is 1. The van der Waals surface area contributed by atoms with Gasteiger partial charge in [-0.05, 0) is 62.3 Å². The van der Waals surface area contributed by atoms with Crippen molar-refractivity contribution in [3.8, 4) is 0 Å². The van der Waals surface area contributed by atoms with E-state index in [-0.39, 0.29) is 11.9 Å². The zero-order valence-corrected chi connectivity index (χ0v) is 13.2. The molecule has 1 unspecified atom stereocenters. The average molecular weight is 313 g/mol. The van der Waals surface area contributed by atoms with Crippen molar-refractivity contribution in [2.45, 2.75) is 25.3 Å². The molecular formula is C18H23N3O2. The van der Waals surface area contributed by atoms with E-state index in [1.165, 1.54) is 19.3 Å². The van der Waals surface area contributed by atoms with Gasteiger partial charge in [0, 0.05) is 17.8 Å². The molecule has 1 aromatic carbocycles. The highest BCUT2D eigenvalue weighted by molar-refractivity contribution is 5.94. The molecule has 3 N–H and O–H groups in total. The van der Waals surface area contributed by atoms with Gasteiger partial charge in [-0.15, -0.1) is 0 Å². The summed E-state index contributed by atoms with van der Waals surface area (Å²) in [7, 11) is 0. The number of anilines is 1. The van der Waals surface area contributed by atoms with Gasteiger partial charge in [-0.1, -0.05) is 6.42 Å². The van der Waals surface area contributed by atoms with Gasteiger partial charge in [-0.2, -0.15) is 0 Å². The minimum Gasteiger partial charge on any atom is -0.468 e. The van der Waals surface area contributed by atoms with E-state index in [0.29, 0.717) is 17.8 Å². The molecule has 5 heteroatoms. The Labute approximate surface area is 136 Å². The summed E-state index contributed by atoms with van der Waals surface area (Å²) in [5.74, 6) is 0.822. The molecule has 23 heavy (non-hydrogen) atoms. The molecule has 1 aromatic heterocycles. The van der Waals surface area contributed by atoms with E-state index >= 15 is 0 Å². The van der Waals surface area contributed by atoms with Crippen molar-refractivity contribution in [3.05, 3.63) is 54.0 Å². The summed E-state index contributed by atoms with van der Waals surface area (Å²) in [5.41, 5.74) is 6.94. The molecule has 1 atom stereocenters. The van der Waals surface area contributed by atoms with Crippen LogP contribution in [0.25, 0.3) is 0 Å². The summed E-state index contributed by atoms with van der Waals surface area (Å²) in [6.07, 6.45) is 5.36. The molecule has 0 aliphatic carbocycles. The van der Waals surface area contributed by atoms with E-state index in [2.05, 4.69) is 10.2 Å². The number of hydrogen-bond donors (Lipinski definition) is 2. The number of nitrogens with zero attached hydrogens (tertiary/aromatic N) is 1. The number of carbonyl (C=O) groups is 1. The first-order chi connectivity index (χ1) is 11.2. The lowest BCUT2D eigenvalue weighted by atomic mass is 10.1. The number of hydrogen-bond acceptors (Lipinski definition) is 4. The largest absolute Gasteiger partial charge is 0.468 e. The van der Waals surface area contributed by atoms with E-state index in [9.17, 15) is 4.79 Å². The number of likely N-dealkylation sites (tertiary alicyclic amines) is 1. The topological polar surface area (TPSA) is 71.5 Å². The monoisotopic (exact) mass is 313 g/mol. The Morgan fingerprint density at radius 1 is 1.17 bits per heavy atom. The molecule has 3 rings (SSSR count). The van der Waals surface area contributed by atoms with Gasteiger partial charge in [0.15, 0.2) is 0 Å². The molecule has 1 aliphatic rings. The fourth-order valence-electron chi connectivity index (χ4n) is 3.05. The van der Waals surface area contributed by atoms with Crippen molar-refractivity contribution in [1.82, 2.24) is 10.2 Å². The standard InChI is InChI=1S/C18H23N3O2/c19-15-8-6-14(7-9-15)18(22)20-13-16(17-5-4-12-23-17)21-10-2-1-3-11-21/h4-9,12,16H,1-3,10-11,13,19H2,(H,20,22). The highest BCUT2D eigenvalue weighted by Gasteiger charge is 2.25. The first kappa shape index (κ1) is 15.6. The van der Waals surface area contributed by atoms with Crippen LogP contribution in [-0.2, 0) is 0 Å². The van der Waals surface area contributed by atoms with Crippen LogP contribution < -0.4 is 11.1 Å². The molecule has 0 saturated carbocycles. The predicted molar refractivity (Wildman–Crippen MR) is 90.1 cm³/mol. The molecule has 1 amide bonds. The SMILES string of the molecule is Nc1ccc(C(=O)NCC(c2ccco2)N2CCCCC2)cc1. The Morgan fingerprint density at radius 3 is 2.57 bits per heavy atom. The van der Waals surface area contributed by atoms with Crippen molar-refractivity contribution in [3.63, 3.8) is 0 Å². The maximum absolute atomic E-state index is 12.3. The highest BCUT2D eigenvalue weighted by Crippen LogP contribution is 2.24. The Balaban J connectivity index is 1.66. The zero-order chi connectivity index (χ0) is 16.1. The fraction of sp³-hybridized carbons (Fsp3) is 0.389. The van der Waals surface area contributed by atoms with Crippen LogP contribution in [0.1, 0.15) is 41.4 Å². The van der Waals surface area contributed by atoms with Crippen LogP contribution in [0.2, 0.25) is 0 Å². The lowest BCUT2D eigenvalue weighted by Gasteiger charge is -2.33. The third kappa shape index (κ3) is 3.93. The van der Waals surface area contributed by atoms with Gasteiger partial charge >= 0.3 is 0 Å². The molecular weight excluding hydrogens is 290 g/mol. The average Bonchev–Trinajstić information content (AvgIpc) is 3.11. The van der Waals surface area contributed by atoms with E-state index in [4.69, 9.17) is 10.2 Å². The number of benzene rings is 1. The maximum Gasteiger partial charge on any atom is 0.251 e. The van der Waals surface area contributed by atoms with Gasteiger partial charge in [0.05, 0.1) is 12.3 Å². The lowest BCUT2D eigenvalue weighted by molar-refractivity contribution is 0.0914. The molecule has 5 nitrogen and oxygen atoms in total. The van der Waals surface area contributed by atoms with E-state index < -0.39 is 0 Å². The van der Waals surface area contributed by atoms with Gasteiger partial charge in [-0.3, -0.25) is 9.69 Å². The normalized spacial score (nSPS) is 16.9. The first-order valence-corrected chi connectivity index (χ1v) is 8.15. The highest BCUT2D eigenvalue weighted by atomic mass is 16.3. The maximum atomic E-state index is 12.3. The predicted octanol–water partition coefficient (Wildman–Crippen LogP) is 2.82. The number of nitrogen functional groups attached to an aromatic ring is 1. The summed E-state index contributed by atoms with van der Waals surface area (Å²) < 4.78 is 5.59. The van der Waals surface area contributed by atoms with Crippen molar-refractivity contribution >= 4 is 11.6 Å². The Morgan fingerprint density at radius 2 is 1.91 bits per heavy atom. The lowest BCUT2D eigenvalue weighted by Crippen LogP contribution is -2.40. The molecule has 1 fully saturated rings. The fourth-order valence-corrected chi connectivity index (χ4v) is 3.05. The molecule has 1 aliphatic heterocycles. The van der Waals surface area contributed by atoms with Gasteiger partial charge in [-0.25, -0.2) is 0 Å². The van der Waals surface area contributed by atoms with E-state index in [0.717, 1.165) is 18.8 Å². The van der Waals surface area contributed by atoms with Gasteiger partial charge < -0.3 is 15.5 Å². The van der Waals surface area contributed by atoms with Crippen molar-refractivity contribution in [1.29, 1.82) is 0 Å². The quantitative estimate of drug-likeness (QED) is 0.833. The summed E-state index contributed by atoms with van der Waals surface area (Å²) in [4.78, 5) is 14.7. The van der Waals surface area contributed by atoms with Crippen LogP contribution in [0, 0.1) is 0 Å². The number of amides is 1. The van der Waals surface area contributed by atoms with E-state index in [1.807, 2.05) is 12.1 Å². The van der Waals surface area contributed by atoms with Gasteiger partial charge in [0.25, 0.3) is 5.91 Å². The molecule has 0 spiro atoms. The van der Waals surface area contributed by atoms with Crippen LogP contribution in [0.5, 0.6) is 0 Å². The van der Waals surface area contributed by atoms with Gasteiger partial charge in [0.1, 0.15) is 5.76 Å². The van der Waals surface area contributed by atoms with Gasteiger partial charge in [0.2, 0.25) is 0 Å².